The molecule has 0 bridgehead atoms. The molecule has 0 radical (unpaired) electrons. The highest BCUT2D eigenvalue weighted by atomic mass is 16.6. The minimum atomic E-state index is -0.501. The summed E-state index contributed by atoms with van der Waals surface area (Å²) in [4.78, 5) is 11.9. The van der Waals surface area contributed by atoms with Crippen LogP contribution in [0.15, 0.2) is 18.2 Å². The van der Waals surface area contributed by atoms with E-state index >= 15 is 0 Å². The summed E-state index contributed by atoms with van der Waals surface area (Å²) in [6.45, 7) is 5.53. The topological polar surface area (TPSA) is 73.6 Å². The molecule has 0 atom stereocenters. The Labute approximate surface area is 119 Å². The Bertz CT molecular complexity index is 516. The van der Waals surface area contributed by atoms with E-state index in [1.807, 2.05) is 39.0 Å². The van der Waals surface area contributed by atoms with Crippen LogP contribution in [0.3, 0.4) is 0 Å². The van der Waals surface area contributed by atoms with Crippen molar-refractivity contribution in [1.29, 1.82) is 0 Å². The van der Waals surface area contributed by atoms with E-state index in [1.54, 1.807) is 7.11 Å². The first-order valence-electron chi connectivity index (χ1n) is 6.71. The fourth-order valence-corrected chi connectivity index (χ4v) is 2.14. The molecule has 0 unspecified atom stereocenters. The van der Waals surface area contributed by atoms with Crippen LogP contribution in [-0.2, 0) is 10.3 Å². The minimum Gasteiger partial charge on any atom is -0.495 e. The summed E-state index contributed by atoms with van der Waals surface area (Å²) in [7, 11) is 1.58. The van der Waals surface area contributed by atoms with Crippen LogP contribution in [0.5, 0.6) is 5.75 Å². The molecule has 1 saturated carbocycles. The monoisotopic (exact) mass is 278 g/mol. The third kappa shape index (κ3) is 3.15. The molecule has 0 aromatic heterocycles. The van der Waals surface area contributed by atoms with Crippen LogP contribution in [0.4, 0.5) is 10.5 Å². The lowest BCUT2D eigenvalue weighted by atomic mass is 10.0. The third-order valence-electron chi connectivity index (χ3n) is 3.27. The van der Waals surface area contributed by atoms with Crippen LogP contribution >= 0.6 is 0 Å². The van der Waals surface area contributed by atoms with Gasteiger partial charge in [-0.15, -0.1) is 0 Å². The number of hydrogen-bond donors (Lipinski definition) is 2. The van der Waals surface area contributed by atoms with Gasteiger partial charge < -0.3 is 20.5 Å². The summed E-state index contributed by atoms with van der Waals surface area (Å²) in [5, 5.41) is 2.95. The number of anilines is 1. The lowest BCUT2D eigenvalue weighted by molar-refractivity contribution is 0.0495. The molecule has 20 heavy (non-hydrogen) atoms. The summed E-state index contributed by atoms with van der Waals surface area (Å²) < 4.78 is 10.4. The van der Waals surface area contributed by atoms with Gasteiger partial charge in [-0.05, 0) is 51.3 Å². The summed E-state index contributed by atoms with van der Waals surface area (Å²) in [5.41, 5.74) is 6.63. The molecule has 5 heteroatoms. The van der Waals surface area contributed by atoms with Gasteiger partial charge in [-0.3, -0.25) is 0 Å². The van der Waals surface area contributed by atoms with E-state index in [9.17, 15) is 4.79 Å². The third-order valence-corrected chi connectivity index (χ3v) is 3.27. The molecule has 1 aromatic carbocycles. The Morgan fingerprint density at radius 2 is 2.00 bits per heavy atom. The number of benzene rings is 1. The summed E-state index contributed by atoms with van der Waals surface area (Å²) in [5.74, 6) is 0.641. The highest BCUT2D eigenvalue weighted by Gasteiger charge is 2.46. The number of carbonyl (C=O) groups excluding carboxylic acids is 1. The zero-order valence-electron chi connectivity index (χ0n) is 12.4. The minimum absolute atomic E-state index is 0.345. The van der Waals surface area contributed by atoms with E-state index in [2.05, 4.69) is 5.32 Å². The number of nitrogen functional groups attached to an aromatic ring is 1. The highest BCUT2D eigenvalue weighted by Crippen LogP contribution is 2.46. The van der Waals surface area contributed by atoms with Crippen molar-refractivity contribution < 1.29 is 14.3 Å². The van der Waals surface area contributed by atoms with Gasteiger partial charge in [0.15, 0.2) is 0 Å². The fraction of sp³-hybridized carbons (Fsp3) is 0.533. The van der Waals surface area contributed by atoms with Crippen molar-refractivity contribution in [3.05, 3.63) is 23.8 Å². The maximum Gasteiger partial charge on any atom is 0.408 e. The van der Waals surface area contributed by atoms with Gasteiger partial charge in [0.1, 0.15) is 11.4 Å². The second kappa shape index (κ2) is 4.89. The summed E-state index contributed by atoms with van der Waals surface area (Å²) in [6, 6.07) is 5.60. The number of alkyl carbamates (subject to hydrolysis) is 1. The molecule has 1 aliphatic carbocycles. The van der Waals surface area contributed by atoms with Crippen LogP contribution in [-0.4, -0.2) is 18.8 Å². The molecule has 3 N–H and O–H groups in total. The van der Waals surface area contributed by atoms with Gasteiger partial charge in [0, 0.05) is 0 Å². The van der Waals surface area contributed by atoms with Crippen molar-refractivity contribution in [1.82, 2.24) is 5.32 Å². The summed E-state index contributed by atoms with van der Waals surface area (Å²) >= 11 is 0. The van der Waals surface area contributed by atoms with Crippen LogP contribution in [0.1, 0.15) is 39.2 Å². The molecule has 2 rings (SSSR count). The Balaban J connectivity index is 2.12. The Kier molecular flexibility index (Phi) is 3.54. The number of rotatable bonds is 3. The average Bonchev–Trinajstić information content (AvgIpc) is 3.07. The molecule has 5 nitrogen and oxygen atoms in total. The first-order chi connectivity index (χ1) is 9.26. The zero-order valence-corrected chi connectivity index (χ0v) is 12.4. The molecule has 1 amide bonds. The maximum atomic E-state index is 11.9. The predicted octanol–water partition coefficient (Wildman–Crippen LogP) is 2.79. The highest BCUT2D eigenvalue weighted by molar-refractivity contribution is 5.70. The van der Waals surface area contributed by atoms with Gasteiger partial charge in [-0.25, -0.2) is 4.79 Å². The quantitative estimate of drug-likeness (QED) is 0.834. The zero-order chi connectivity index (χ0) is 15.0. The number of nitrogens with one attached hydrogen (secondary N) is 1. The predicted molar refractivity (Wildman–Crippen MR) is 77.7 cm³/mol. The van der Waals surface area contributed by atoms with Crippen molar-refractivity contribution in [3.63, 3.8) is 0 Å². The van der Waals surface area contributed by atoms with Crippen LogP contribution in [0.2, 0.25) is 0 Å². The van der Waals surface area contributed by atoms with E-state index in [4.69, 9.17) is 15.2 Å². The molecule has 1 aromatic rings. The SMILES string of the molecule is COc1ccc(C2(NC(=O)OC(C)(C)C)CC2)cc1N. The lowest BCUT2D eigenvalue weighted by Gasteiger charge is -2.24. The summed E-state index contributed by atoms with van der Waals surface area (Å²) in [6.07, 6.45) is 1.38. The van der Waals surface area contributed by atoms with Crippen molar-refractivity contribution in [2.24, 2.45) is 0 Å². The first-order valence-corrected chi connectivity index (χ1v) is 6.71. The van der Waals surface area contributed by atoms with Gasteiger partial charge in [0.2, 0.25) is 0 Å². The maximum absolute atomic E-state index is 11.9. The van der Waals surface area contributed by atoms with E-state index in [-0.39, 0.29) is 5.54 Å². The van der Waals surface area contributed by atoms with E-state index < -0.39 is 11.7 Å². The van der Waals surface area contributed by atoms with Gasteiger partial charge in [0.05, 0.1) is 18.3 Å². The van der Waals surface area contributed by atoms with Gasteiger partial charge in [-0.1, -0.05) is 6.07 Å². The number of methoxy groups -OCH3 is 1. The number of carbonyl (C=O) groups is 1. The number of hydrogen-bond acceptors (Lipinski definition) is 4. The van der Waals surface area contributed by atoms with Gasteiger partial charge in [0.25, 0.3) is 0 Å². The average molecular weight is 278 g/mol. The van der Waals surface area contributed by atoms with Crippen molar-refractivity contribution in [3.8, 4) is 5.75 Å². The Morgan fingerprint density at radius 3 is 2.45 bits per heavy atom. The standard InChI is InChI=1S/C15H22N2O3/c1-14(2,3)20-13(18)17-15(7-8-15)10-5-6-12(19-4)11(16)9-10/h5-6,9H,7-8,16H2,1-4H3,(H,17,18). The molecule has 0 spiro atoms. The van der Waals surface area contributed by atoms with Crippen molar-refractivity contribution in [2.45, 2.75) is 44.8 Å². The molecule has 1 fully saturated rings. The van der Waals surface area contributed by atoms with Crippen LogP contribution in [0, 0.1) is 0 Å². The molecular weight excluding hydrogens is 256 g/mol. The molecule has 1 aliphatic rings. The van der Waals surface area contributed by atoms with Crippen molar-refractivity contribution in [2.75, 3.05) is 12.8 Å². The molecule has 0 saturated heterocycles. The second-order valence-corrected chi connectivity index (χ2v) is 6.17. The van der Waals surface area contributed by atoms with E-state index in [1.165, 1.54) is 0 Å². The smallest absolute Gasteiger partial charge is 0.408 e. The Morgan fingerprint density at radius 1 is 1.35 bits per heavy atom. The molecule has 110 valence electrons. The first kappa shape index (κ1) is 14.5. The largest absolute Gasteiger partial charge is 0.495 e. The number of ether oxygens (including phenoxy) is 2. The molecule has 0 aliphatic heterocycles. The van der Waals surface area contributed by atoms with Crippen LogP contribution in [0.25, 0.3) is 0 Å². The van der Waals surface area contributed by atoms with Crippen molar-refractivity contribution >= 4 is 11.8 Å². The second-order valence-electron chi connectivity index (χ2n) is 6.17. The molecule has 0 heterocycles. The van der Waals surface area contributed by atoms with Crippen LogP contribution < -0.4 is 15.8 Å². The van der Waals surface area contributed by atoms with Gasteiger partial charge >= 0.3 is 6.09 Å². The van der Waals surface area contributed by atoms with E-state index in [0.29, 0.717) is 11.4 Å². The fourth-order valence-electron chi connectivity index (χ4n) is 2.14. The lowest BCUT2D eigenvalue weighted by Crippen LogP contribution is -2.39. The van der Waals surface area contributed by atoms with Gasteiger partial charge in [-0.2, -0.15) is 0 Å². The normalized spacial score (nSPS) is 16.4. The number of amides is 1. The Hall–Kier alpha value is -1.91. The number of nitrogens with two attached hydrogens (primary N) is 1. The van der Waals surface area contributed by atoms with E-state index in [0.717, 1.165) is 18.4 Å². The molecular formula is C15H22N2O3.